The summed E-state index contributed by atoms with van der Waals surface area (Å²) in [6, 6.07) is 17.0. The number of halogens is 1. The Hall–Kier alpha value is -3.49. The molecule has 0 aliphatic heterocycles. The summed E-state index contributed by atoms with van der Waals surface area (Å²) in [5.41, 5.74) is 9.53. The van der Waals surface area contributed by atoms with Crippen molar-refractivity contribution in [3.63, 3.8) is 0 Å². The van der Waals surface area contributed by atoms with Gasteiger partial charge in [-0.05, 0) is 50.9 Å². The normalized spacial score (nSPS) is 11.8. The van der Waals surface area contributed by atoms with Crippen LogP contribution in [0.5, 0.6) is 0 Å². The standard InChI is InChI=1S/C28H34N6O2.ClH/c1-5-23(33(17-9-16-29)27(35)22-14-12-19(2)13-15-22)26-30-25-24(20(3)32(4)31-25)28(36)34(26)18-21-10-7-6-8-11-21;/h6-8,10-15,23H,5,9,16-18,29H2,1-4H3;1H. The molecule has 0 bridgehead atoms. The van der Waals surface area contributed by atoms with Crippen molar-refractivity contribution >= 4 is 29.3 Å². The Bertz CT molecular complexity index is 1410. The molecular formula is C28H35ClN6O2. The van der Waals surface area contributed by atoms with Gasteiger partial charge >= 0.3 is 0 Å². The molecule has 0 saturated heterocycles. The lowest BCUT2D eigenvalue weighted by atomic mass is 10.1. The Balaban J connectivity index is 0.00000380. The maximum Gasteiger partial charge on any atom is 0.265 e. The monoisotopic (exact) mass is 522 g/mol. The Kier molecular flexibility index (Phi) is 9.23. The molecule has 4 rings (SSSR count). The predicted molar refractivity (Wildman–Crippen MR) is 149 cm³/mol. The maximum absolute atomic E-state index is 13.9. The summed E-state index contributed by atoms with van der Waals surface area (Å²) in [6.45, 7) is 7.14. The summed E-state index contributed by atoms with van der Waals surface area (Å²) >= 11 is 0. The van der Waals surface area contributed by atoms with Crippen molar-refractivity contribution in [1.82, 2.24) is 24.2 Å². The van der Waals surface area contributed by atoms with Crippen molar-refractivity contribution in [3.8, 4) is 0 Å². The molecule has 1 atom stereocenters. The lowest BCUT2D eigenvalue weighted by molar-refractivity contribution is 0.0655. The Morgan fingerprint density at radius 1 is 1.08 bits per heavy atom. The van der Waals surface area contributed by atoms with Crippen LogP contribution in [-0.4, -0.2) is 43.2 Å². The van der Waals surface area contributed by atoms with Crippen molar-refractivity contribution in [1.29, 1.82) is 0 Å². The summed E-state index contributed by atoms with van der Waals surface area (Å²) in [5, 5.41) is 5.01. The van der Waals surface area contributed by atoms with Gasteiger partial charge in [0.2, 0.25) is 0 Å². The van der Waals surface area contributed by atoms with Gasteiger partial charge in [-0.1, -0.05) is 55.0 Å². The number of amides is 1. The van der Waals surface area contributed by atoms with Crippen molar-refractivity contribution in [2.24, 2.45) is 12.8 Å². The molecule has 2 heterocycles. The number of rotatable bonds is 9. The van der Waals surface area contributed by atoms with E-state index < -0.39 is 6.04 Å². The van der Waals surface area contributed by atoms with Crippen molar-refractivity contribution < 1.29 is 4.79 Å². The molecule has 0 aliphatic rings. The molecule has 196 valence electrons. The summed E-state index contributed by atoms with van der Waals surface area (Å²) in [6.07, 6.45) is 1.22. The molecule has 4 aromatic rings. The van der Waals surface area contributed by atoms with Crippen LogP contribution in [0.1, 0.15) is 58.8 Å². The van der Waals surface area contributed by atoms with Gasteiger partial charge in [-0.15, -0.1) is 12.4 Å². The van der Waals surface area contributed by atoms with Gasteiger partial charge in [0.05, 0.1) is 18.3 Å². The van der Waals surface area contributed by atoms with Gasteiger partial charge in [0.25, 0.3) is 11.5 Å². The number of nitrogens with zero attached hydrogens (tertiary/aromatic N) is 5. The first kappa shape index (κ1) is 28.1. The average Bonchev–Trinajstić information content (AvgIpc) is 3.17. The highest BCUT2D eigenvalue weighted by atomic mass is 35.5. The number of aryl methyl sites for hydroxylation is 3. The van der Waals surface area contributed by atoms with Crippen LogP contribution in [0.4, 0.5) is 0 Å². The summed E-state index contributed by atoms with van der Waals surface area (Å²) in [7, 11) is 1.81. The highest BCUT2D eigenvalue weighted by Gasteiger charge is 2.30. The summed E-state index contributed by atoms with van der Waals surface area (Å²) < 4.78 is 3.39. The molecule has 0 radical (unpaired) electrons. The first-order valence-electron chi connectivity index (χ1n) is 12.4. The number of aromatic nitrogens is 4. The van der Waals surface area contributed by atoms with E-state index in [-0.39, 0.29) is 23.9 Å². The van der Waals surface area contributed by atoms with Crippen molar-refractivity contribution in [2.45, 2.75) is 46.2 Å². The van der Waals surface area contributed by atoms with Crippen LogP contribution in [0.2, 0.25) is 0 Å². The molecule has 2 aromatic heterocycles. The van der Waals surface area contributed by atoms with E-state index in [1.165, 1.54) is 0 Å². The molecule has 2 aromatic carbocycles. The van der Waals surface area contributed by atoms with Gasteiger partial charge < -0.3 is 10.6 Å². The second-order valence-electron chi connectivity index (χ2n) is 9.19. The van der Waals surface area contributed by atoms with Gasteiger partial charge in [-0.25, -0.2) is 4.98 Å². The zero-order valence-electron chi connectivity index (χ0n) is 21.8. The number of fused-ring (bicyclic) bond motifs is 1. The van der Waals surface area contributed by atoms with E-state index >= 15 is 0 Å². The lowest BCUT2D eigenvalue weighted by Crippen LogP contribution is -2.40. The fraction of sp³-hybridized carbons (Fsp3) is 0.357. The van der Waals surface area contributed by atoms with E-state index in [1.807, 2.05) is 87.3 Å². The summed E-state index contributed by atoms with van der Waals surface area (Å²) in [4.78, 5) is 34.3. The van der Waals surface area contributed by atoms with Gasteiger partial charge in [0.1, 0.15) is 11.2 Å². The van der Waals surface area contributed by atoms with Gasteiger partial charge in [0.15, 0.2) is 5.65 Å². The highest BCUT2D eigenvalue weighted by Crippen LogP contribution is 2.27. The average molecular weight is 523 g/mol. The fourth-order valence-electron chi connectivity index (χ4n) is 4.57. The molecule has 0 fully saturated rings. The molecular weight excluding hydrogens is 488 g/mol. The number of hydrogen-bond acceptors (Lipinski definition) is 5. The molecule has 0 spiro atoms. The maximum atomic E-state index is 13.9. The molecule has 0 aliphatic carbocycles. The first-order chi connectivity index (χ1) is 17.3. The van der Waals surface area contributed by atoms with Crippen LogP contribution < -0.4 is 11.3 Å². The molecule has 37 heavy (non-hydrogen) atoms. The summed E-state index contributed by atoms with van der Waals surface area (Å²) in [5.74, 6) is 0.433. The Morgan fingerprint density at radius 2 is 1.76 bits per heavy atom. The first-order valence-corrected chi connectivity index (χ1v) is 12.4. The van der Waals surface area contributed by atoms with Crippen LogP contribution in [0, 0.1) is 13.8 Å². The molecule has 0 saturated carbocycles. The number of hydrogen-bond donors (Lipinski definition) is 1. The second-order valence-corrected chi connectivity index (χ2v) is 9.19. The minimum Gasteiger partial charge on any atom is -0.330 e. The van der Waals surface area contributed by atoms with Crippen LogP contribution >= 0.6 is 12.4 Å². The van der Waals surface area contributed by atoms with Gasteiger partial charge in [-0.2, -0.15) is 5.10 Å². The predicted octanol–water partition coefficient (Wildman–Crippen LogP) is 4.16. The highest BCUT2D eigenvalue weighted by molar-refractivity contribution is 5.94. The van der Waals surface area contributed by atoms with E-state index in [1.54, 1.807) is 9.25 Å². The second kappa shape index (κ2) is 12.2. The van der Waals surface area contributed by atoms with Gasteiger partial charge in [-0.3, -0.25) is 18.8 Å². The topological polar surface area (TPSA) is 99.0 Å². The largest absolute Gasteiger partial charge is 0.330 e. The van der Waals surface area contributed by atoms with Crippen molar-refractivity contribution in [2.75, 3.05) is 13.1 Å². The molecule has 9 heteroatoms. The minimum absolute atomic E-state index is 0. The quantitative estimate of drug-likeness (QED) is 0.356. The smallest absolute Gasteiger partial charge is 0.265 e. The molecule has 8 nitrogen and oxygen atoms in total. The van der Waals surface area contributed by atoms with E-state index in [9.17, 15) is 9.59 Å². The van der Waals surface area contributed by atoms with Crippen molar-refractivity contribution in [3.05, 3.63) is 93.2 Å². The third-order valence-electron chi connectivity index (χ3n) is 6.68. The minimum atomic E-state index is -0.423. The Labute approximate surface area is 223 Å². The zero-order valence-corrected chi connectivity index (χ0v) is 22.7. The Morgan fingerprint density at radius 3 is 2.38 bits per heavy atom. The number of carbonyl (C=O) groups excluding carboxylic acids is 1. The number of nitrogens with two attached hydrogens (primary N) is 1. The van der Waals surface area contributed by atoms with Crippen LogP contribution in [-0.2, 0) is 13.6 Å². The third-order valence-corrected chi connectivity index (χ3v) is 6.68. The lowest BCUT2D eigenvalue weighted by Gasteiger charge is -2.32. The number of carbonyl (C=O) groups is 1. The van der Waals surface area contributed by atoms with Crippen LogP contribution in [0.15, 0.2) is 59.4 Å². The van der Waals surface area contributed by atoms with E-state index in [4.69, 9.17) is 10.7 Å². The third kappa shape index (κ3) is 5.76. The number of benzene rings is 2. The van der Waals surface area contributed by atoms with E-state index in [2.05, 4.69) is 5.10 Å². The van der Waals surface area contributed by atoms with E-state index in [0.29, 0.717) is 54.9 Å². The molecule has 2 N–H and O–H groups in total. The van der Waals surface area contributed by atoms with Crippen LogP contribution in [0.3, 0.4) is 0 Å². The molecule has 1 amide bonds. The zero-order chi connectivity index (χ0) is 25.8. The molecule has 1 unspecified atom stereocenters. The van der Waals surface area contributed by atoms with Gasteiger partial charge in [0, 0.05) is 19.2 Å². The SMILES string of the molecule is CCC(c1nc2nn(C)c(C)c2c(=O)n1Cc1ccccc1)N(CCCN)C(=O)c1ccc(C)cc1.Cl. The van der Waals surface area contributed by atoms with E-state index in [0.717, 1.165) is 16.8 Å². The fourth-order valence-corrected chi connectivity index (χ4v) is 4.57. The van der Waals surface area contributed by atoms with Crippen LogP contribution in [0.25, 0.3) is 11.0 Å².